The number of carbonyl (C=O) groups is 1. The van der Waals surface area contributed by atoms with Crippen molar-refractivity contribution < 1.29 is 9.53 Å². The summed E-state index contributed by atoms with van der Waals surface area (Å²) in [5.41, 5.74) is -0.410. The van der Waals surface area contributed by atoms with Gasteiger partial charge in [0, 0.05) is 6.42 Å². The van der Waals surface area contributed by atoms with Crippen LogP contribution in [0, 0.1) is 0 Å². The minimum atomic E-state index is -0.410. The van der Waals surface area contributed by atoms with Gasteiger partial charge < -0.3 is 9.64 Å². The lowest BCUT2D eigenvalue weighted by Crippen LogP contribution is -2.46. The highest BCUT2D eigenvalue weighted by atomic mass is 16.5. The Morgan fingerprint density at radius 1 is 1.67 bits per heavy atom. The van der Waals surface area contributed by atoms with Gasteiger partial charge in [-0.05, 0) is 20.8 Å². The zero-order valence-electron chi connectivity index (χ0n) is 8.26. The molecule has 0 aromatic carbocycles. The van der Waals surface area contributed by atoms with E-state index in [-0.39, 0.29) is 11.9 Å². The average molecular weight is 171 g/mol. The van der Waals surface area contributed by atoms with Crippen LogP contribution in [0.4, 0.5) is 0 Å². The summed E-state index contributed by atoms with van der Waals surface area (Å²) in [6, 6.07) is 0.215. The quantitative estimate of drug-likeness (QED) is 0.596. The first kappa shape index (κ1) is 9.52. The van der Waals surface area contributed by atoms with E-state index in [1.54, 1.807) is 0 Å². The van der Waals surface area contributed by atoms with Gasteiger partial charge in [0.05, 0.1) is 12.6 Å². The van der Waals surface area contributed by atoms with E-state index in [0.29, 0.717) is 13.0 Å². The molecule has 3 heteroatoms. The maximum absolute atomic E-state index is 11.5. The van der Waals surface area contributed by atoms with Crippen molar-refractivity contribution in [2.45, 2.75) is 45.9 Å². The van der Waals surface area contributed by atoms with Gasteiger partial charge >= 0.3 is 0 Å². The Kier molecular flexibility index (Phi) is 2.42. The molecule has 0 aliphatic carbocycles. The molecule has 0 saturated carbocycles. The molecular weight excluding hydrogens is 154 g/mol. The van der Waals surface area contributed by atoms with E-state index >= 15 is 0 Å². The topological polar surface area (TPSA) is 29.5 Å². The fourth-order valence-electron chi connectivity index (χ4n) is 1.72. The first-order valence-corrected chi connectivity index (χ1v) is 4.45. The summed E-state index contributed by atoms with van der Waals surface area (Å²) in [5, 5.41) is 0. The summed E-state index contributed by atoms with van der Waals surface area (Å²) in [7, 11) is 0. The molecule has 1 aliphatic rings. The molecule has 0 bridgehead atoms. The second-order valence-electron chi connectivity index (χ2n) is 3.72. The normalized spacial score (nSPS) is 27.7. The smallest absolute Gasteiger partial charge is 0.224 e. The molecule has 12 heavy (non-hydrogen) atoms. The molecule has 1 fully saturated rings. The standard InChI is InChI=1S/C9H17NO2/c1-5-8(11)10-7(2)6-12-9(10,3)4/h7H,5-6H2,1-4H3/t7-/m0/s1. The van der Waals surface area contributed by atoms with Crippen molar-refractivity contribution in [1.82, 2.24) is 4.90 Å². The van der Waals surface area contributed by atoms with Crippen LogP contribution in [0.1, 0.15) is 34.1 Å². The van der Waals surface area contributed by atoms with E-state index in [0.717, 1.165) is 0 Å². The molecule has 0 spiro atoms. The molecule has 1 aliphatic heterocycles. The lowest BCUT2D eigenvalue weighted by Gasteiger charge is -2.32. The summed E-state index contributed by atoms with van der Waals surface area (Å²) in [5.74, 6) is 0.171. The van der Waals surface area contributed by atoms with Crippen LogP contribution in [0.15, 0.2) is 0 Å². The number of hydrogen-bond donors (Lipinski definition) is 0. The number of rotatable bonds is 1. The number of amides is 1. The summed E-state index contributed by atoms with van der Waals surface area (Å²) in [6.45, 7) is 8.42. The number of nitrogens with zero attached hydrogens (tertiary/aromatic N) is 1. The van der Waals surface area contributed by atoms with E-state index in [9.17, 15) is 4.79 Å². The van der Waals surface area contributed by atoms with Crippen molar-refractivity contribution in [1.29, 1.82) is 0 Å². The predicted molar refractivity (Wildman–Crippen MR) is 46.6 cm³/mol. The Balaban J connectivity index is 2.78. The van der Waals surface area contributed by atoms with Crippen molar-refractivity contribution in [2.24, 2.45) is 0 Å². The molecule has 3 nitrogen and oxygen atoms in total. The van der Waals surface area contributed by atoms with Crippen molar-refractivity contribution in [3.8, 4) is 0 Å². The largest absolute Gasteiger partial charge is 0.354 e. The van der Waals surface area contributed by atoms with Crippen molar-refractivity contribution in [2.75, 3.05) is 6.61 Å². The molecule has 0 N–H and O–H groups in total. The second-order valence-corrected chi connectivity index (χ2v) is 3.72. The summed E-state index contributed by atoms with van der Waals surface area (Å²) >= 11 is 0. The van der Waals surface area contributed by atoms with Crippen LogP contribution in [0.25, 0.3) is 0 Å². The monoisotopic (exact) mass is 171 g/mol. The fourth-order valence-corrected chi connectivity index (χ4v) is 1.72. The van der Waals surface area contributed by atoms with Crippen molar-refractivity contribution in [3.63, 3.8) is 0 Å². The minimum absolute atomic E-state index is 0.171. The van der Waals surface area contributed by atoms with Gasteiger partial charge in [-0.1, -0.05) is 6.92 Å². The van der Waals surface area contributed by atoms with Gasteiger partial charge in [-0.15, -0.1) is 0 Å². The van der Waals surface area contributed by atoms with Crippen LogP contribution in [0.3, 0.4) is 0 Å². The van der Waals surface area contributed by atoms with Gasteiger partial charge in [0.1, 0.15) is 5.72 Å². The van der Waals surface area contributed by atoms with Gasteiger partial charge in [-0.2, -0.15) is 0 Å². The van der Waals surface area contributed by atoms with Gasteiger partial charge in [0.15, 0.2) is 0 Å². The molecule has 0 radical (unpaired) electrons. The van der Waals surface area contributed by atoms with Gasteiger partial charge in [0.2, 0.25) is 5.91 Å². The molecule has 70 valence electrons. The molecule has 1 amide bonds. The molecule has 0 unspecified atom stereocenters. The van der Waals surface area contributed by atoms with Crippen molar-refractivity contribution >= 4 is 5.91 Å². The molecule has 1 saturated heterocycles. The predicted octanol–water partition coefficient (Wildman–Crippen LogP) is 1.38. The highest BCUT2D eigenvalue weighted by Gasteiger charge is 2.40. The second kappa shape index (κ2) is 3.05. The van der Waals surface area contributed by atoms with E-state index in [1.165, 1.54) is 0 Å². The highest BCUT2D eigenvalue weighted by Crippen LogP contribution is 2.27. The maximum Gasteiger partial charge on any atom is 0.224 e. The number of ether oxygens (including phenoxy) is 1. The lowest BCUT2D eigenvalue weighted by atomic mass is 10.2. The van der Waals surface area contributed by atoms with E-state index in [4.69, 9.17) is 4.74 Å². The molecular formula is C9H17NO2. The molecule has 0 aromatic rings. The Labute approximate surface area is 73.7 Å². The first-order valence-electron chi connectivity index (χ1n) is 4.45. The molecule has 1 heterocycles. The van der Waals surface area contributed by atoms with Crippen LogP contribution >= 0.6 is 0 Å². The third kappa shape index (κ3) is 1.46. The van der Waals surface area contributed by atoms with E-state index < -0.39 is 5.72 Å². The summed E-state index contributed by atoms with van der Waals surface area (Å²) in [6.07, 6.45) is 0.553. The first-order chi connectivity index (χ1) is 5.49. The third-order valence-corrected chi connectivity index (χ3v) is 2.27. The molecule has 1 atom stereocenters. The maximum atomic E-state index is 11.5. The van der Waals surface area contributed by atoms with E-state index in [1.807, 2.05) is 32.6 Å². The van der Waals surface area contributed by atoms with Gasteiger partial charge in [-0.3, -0.25) is 4.79 Å². The molecule has 1 rings (SSSR count). The van der Waals surface area contributed by atoms with Crippen LogP contribution in [-0.4, -0.2) is 29.2 Å². The summed E-state index contributed by atoms with van der Waals surface area (Å²) in [4.78, 5) is 13.3. The van der Waals surface area contributed by atoms with Crippen LogP contribution in [0.5, 0.6) is 0 Å². The zero-order chi connectivity index (χ0) is 9.35. The number of carbonyl (C=O) groups excluding carboxylic acids is 1. The lowest BCUT2D eigenvalue weighted by molar-refractivity contribution is -0.145. The van der Waals surface area contributed by atoms with Gasteiger partial charge in [0.25, 0.3) is 0 Å². The SMILES string of the molecule is CCC(=O)N1[C@@H](C)COC1(C)C. The zero-order valence-corrected chi connectivity index (χ0v) is 8.26. The fraction of sp³-hybridized carbons (Fsp3) is 0.889. The Morgan fingerprint density at radius 2 is 2.25 bits per heavy atom. The number of hydrogen-bond acceptors (Lipinski definition) is 2. The minimum Gasteiger partial charge on any atom is -0.354 e. The van der Waals surface area contributed by atoms with Crippen LogP contribution in [0.2, 0.25) is 0 Å². The van der Waals surface area contributed by atoms with Gasteiger partial charge in [-0.25, -0.2) is 0 Å². The van der Waals surface area contributed by atoms with E-state index in [2.05, 4.69) is 0 Å². The average Bonchev–Trinajstić information content (AvgIpc) is 2.25. The Bertz CT molecular complexity index is 189. The Morgan fingerprint density at radius 3 is 2.58 bits per heavy atom. The van der Waals surface area contributed by atoms with Crippen molar-refractivity contribution in [3.05, 3.63) is 0 Å². The Hall–Kier alpha value is -0.570. The molecule has 0 aromatic heterocycles. The third-order valence-electron chi connectivity index (χ3n) is 2.27. The van der Waals surface area contributed by atoms with Crippen LogP contribution < -0.4 is 0 Å². The highest BCUT2D eigenvalue weighted by molar-refractivity contribution is 5.77. The van der Waals surface area contributed by atoms with Crippen LogP contribution in [-0.2, 0) is 9.53 Å². The summed E-state index contributed by atoms with van der Waals surface area (Å²) < 4.78 is 5.49.